The summed E-state index contributed by atoms with van der Waals surface area (Å²) < 4.78 is 2.04. The minimum atomic E-state index is 0.129. The number of amides is 1. The van der Waals surface area contributed by atoms with Gasteiger partial charge < -0.3 is 9.47 Å². The van der Waals surface area contributed by atoms with Crippen molar-refractivity contribution in [2.45, 2.75) is 39.5 Å². The Hall–Kier alpha value is -2.24. The van der Waals surface area contributed by atoms with Crippen LogP contribution in [0.2, 0.25) is 0 Å². The van der Waals surface area contributed by atoms with Gasteiger partial charge in [0.1, 0.15) is 11.6 Å². The SMILES string of the molecule is CC(=O)N1CCC[C@@H](c2nc(C)cc(-c3cnc(C)n3C)n2)C1. The molecule has 0 saturated carbocycles. The van der Waals surface area contributed by atoms with Crippen molar-refractivity contribution in [2.24, 2.45) is 7.05 Å². The molecule has 0 radical (unpaired) electrons. The van der Waals surface area contributed by atoms with Gasteiger partial charge in [-0.2, -0.15) is 0 Å². The van der Waals surface area contributed by atoms with Crippen LogP contribution in [0.4, 0.5) is 0 Å². The molecule has 122 valence electrons. The lowest BCUT2D eigenvalue weighted by atomic mass is 9.97. The molecule has 23 heavy (non-hydrogen) atoms. The van der Waals surface area contributed by atoms with Crippen LogP contribution in [-0.2, 0) is 11.8 Å². The molecule has 2 aromatic heterocycles. The first kappa shape index (κ1) is 15.6. The Morgan fingerprint density at radius 3 is 2.74 bits per heavy atom. The fourth-order valence-electron chi connectivity index (χ4n) is 3.12. The van der Waals surface area contributed by atoms with E-state index >= 15 is 0 Å². The molecule has 0 spiro atoms. The summed E-state index contributed by atoms with van der Waals surface area (Å²) in [5, 5.41) is 0. The number of hydrogen-bond donors (Lipinski definition) is 0. The third-order valence-corrected chi connectivity index (χ3v) is 4.59. The highest BCUT2D eigenvalue weighted by Gasteiger charge is 2.25. The second-order valence-electron chi connectivity index (χ2n) is 6.31. The zero-order valence-corrected chi connectivity index (χ0v) is 14.2. The lowest BCUT2D eigenvalue weighted by Gasteiger charge is -2.31. The van der Waals surface area contributed by atoms with Crippen LogP contribution in [0.15, 0.2) is 12.3 Å². The molecular weight excluding hydrogens is 290 g/mol. The predicted octanol–water partition coefficient (Wildman–Crippen LogP) is 2.22. The first-order valence-electron chi connectivity index (χ1n) is 8.05. The lowest BCUT2D eigenvalue weighted by molar-refractivity contribution is -0.130. The number of likely N-dealkylation sites (tertiary alicyclic amines) is 1. The number of carbonyl (C=O) groups excluding carboxylic acids is 1. The molecule has 0 N–H and O–H groups in total. The maximum atomic E-state index is 11.7. The molecule has 3 heterocycles. The minimum absolute atomic E-state index is 0.129. The van der Waals surface area contributed by atoms with E-state index in [2.05, 4.69) is 9.97 Å². The van der Waals surface area contributed by atoms with Gasteiger partial charge in [-0.1, -0.05) is 0 Å². The number of piperidine rings is 1. The first-order valence-corrected chi connectivity index (χ1v) is 8.05. The molecule has 0 aliphatic carbocycles. The van der Waals surface area contributed by atoms with Crippen LogP contribution < -0.4 is 0 Å². The number of hydrogen-bond acceptors (Lipinski definition) is 4. The van der Waals surface area contributed by atoms with E-state index in [9.17, 15) is 4.79 Å². The summed E-state index contributed by atoms with van der Waals surface area (Å²) in [5.41, 5.74) is 2.84. The molecule has 0 aromatic carbocycles. The van der Waals surface area contributed by atoms with Crippen molar-refractivity contribution in [3.05, 3.63) is 29.6 Å². The summed E-state index contributed by atoms with van der Waals surface area (Å²) in [6, 6.07) is 1.99. The normalized spacial score (nSPS) is 18.3. The number of nitrogens with zero attached hydrogens (tertiary/aromatic N) is 5. The van der Waals surface area contributed by atoms with Gasteiger partial charge in [-0.15, -0.1) is 0 Å². The van der Waals surface area contributed by atoms with Gasteiger partial charge in [0.05, 0.1) is 17.6 Å². The van der Waals surface area contributed by atoms with Crippen molar-refractivity contribution < 1.29 is 4.79 Å². The minimum Gasteiger partial charge on any atom is -0.342 e. The van der Waals surface area contributed by atoms with E-state index in [1.807, 2.05) is 42.6 Å². The highest BCUT2D eigenvalue weighted by Crippen LogP contribution is 2.27. The van der Waals surface area contributed by atoms with Crippen molar-refractivity contribution >= 4 is 5.91 Å². The average Bonchev–Trinajstić information content (AvgIpc) is 2.86. The Labute approximate surface area is 136 Å². The Kier molecular flexibility index (Phi) is 4.15. The molecule has 1 aliphatic rings. The molecule has 1 saturated heterocycles. The van der Waals surface area contributed by atoms with Crippen molar-refractivity contribution in [2.75, 3.05) is 13.1 Å². The molecule has 0 bridgehead atoms. The average molecular weight is 313 g/mol. The van der Waals surface area contributed by atoms with E-state index in [0.29, 0.717) is 6.54 Å². The van der Waals surface area contributed by atoms with Gasteiger partial charge in [-0.25, -0.2) is 15.0 Å². The smallest absolute Gasteiger partial charge is 0.219 e. The highest BCUT2D eigenvalue weighted by molar-refractivity contribution is 5.73. The van der Waals surface area contributed by atoms with Gasteiger partial charge in [0.15, 0.2) is 0 Å². The Balaban J connectivity index is 1.94. The van der Waals surface area contributed by atoms with Gasteiger partial charge in [0, 0.05) is 38.7 Å². The molecular formula is C17H23N5O. The van der Waals surface area contributed by atoms with Crippen LogP contribution in [0, 0.1) is 13.8 Å². The lowest BCUT2D eigenvalue weighted by Crippen LogP contribution is -2.38. The van der Waals surface area contributed by atoms with Crippen molar-refractivity contribution in [3.63, 3.8) is 0 Å². The first-order chi connectivity index (χ1) is 11.0. The summed E-state index contributed by atoms with van der Waals surface area (Å²) in [5.74, 6) is 2.13. The third-order valence-electron chi connectivity index (χ3n) is 4.59. The number of aryl methyl sites for hydroxylation is 2. The topological polar surface area (TPSA) is 63.9 Å². The van der Waals surface area contributed by atoms with Crippen LogP contribution in [0.5, 0.6) is 0 Å². The van der Waals surface area contributed by atoms with Gasteiger partial charge in [-0.3, -0.25) is 4.79 Å². The molecule has 1 aliphatic heterocycles. The highest BCUT2D eigenvalue weighted by atomic mass is 16.2. The Bertz CT molecular complexity index is 737. The van der Waals surface area contributed by atoms with E-state index in [0.717, 1.165) is 48.1 Å². The van der Waals surface area contributed by atoms with E-state index in [4.69, 9.17) is 4.98 Å². The second-order valence-corrected chi connectivity index (χ2v) is 6.31. The molecule has 1 amide bonds. The maximum Gasteiger partial charge on any atom is 0.219 e. The van der Waals surface area contributed by atoms with E-state index in [1.54, 1.807) is 6.92 Å². The van der Waals surface area contributed by atoms with Crippen molar-refractivity contribution in [3.8, 4) is 11.4 Å². The molecule has 1 fully saturated rings. The fraction of sp³-hybridized carbons (Fsp3) is 0.529. The van der Waals surface area contributed by atoms with Crippen LogP contribution in [0.25, 0.3) is 11.4 Å². The summed E-state index contributed by atoms with van der Waals surface area (Å²) >= 11 is 0. The number of aromatic nitrogens is 4. The van der Waals surface area contributed by atoms with Crippen molar-refractivity contribution in [1.29, 1.82) is 0 Å². The third kappa shape index (κ3) is 3.11. The van der Waals surface area contributed by atoms with E-state index in [1.165, 1.54) is 0 Å². The van der Waals surface area contributed by atoms with Gasteiger partial charge in [-0.05, 0) is 32.8 Å². The Morgan fingerprint density at radius 1 is 1.30 bits per heavy atom. The van der Waals surface area contributed by atoms with Crippen LogP contribution in [-0.4, -0.2) is 43.4 Å². The molecule has 2 aromatic rings. The van der Waals surface area contributed by atoms with Gasteiger partial charge in [0.25, 0.3) is 0 Å². The number of carbonyl (C=O) groups is 1. The summed E-state index contributed by atoms with van der Waals surface area (Å²) in [6.07, 6.45) is 3.88. The Morgan fingerprint density at radius 2 is 2.09 bits per heavy atom. The summed E-state index contributed by atoms with van der Waals surface area (Å²) in [6.45, 7) is 7.14. The zero-order valence-electron chi connectivity index (χ0n) is 14.2. The second kappa shape index (κ2) is 6.10. The van der Waals surface area contributed by atoms with Crippen LogP contribution in [0.3, 0.4) is 0 Å². The summed E-state index contributed by atoms with van der Waals surface area (Å²) in [4.78, 5) is 27.3. The molecule has 6 heteroatoms. The fourth-order valence-corrected chi connectivity index (χ4v) is 3.12. The molecule has 3 rings (SSSR count). The van der Waals surface area contributed by atoms with Gasteiger partial charge in [0.2, 0.25) is 5.91 Å². The summed E-state index contributed by atoms with van der Waals surface area (Å²) in [7, 11) is 1.99. The molecule has 0 unspecified atom stereocenters. The van der Waals surface area contributed by atoms with E-state index in [-0.39, 0.29) is 11.8 Å². The number of rotatable bonds is 2. The van der Waals surface area contributed by atoms with Crippen molar-refractivity contribution in [1.82, 2.24) is 24.4 Å². The predicted molar refractivity (Wildman–Crippen MR) is 87.9 cm³/mol. The van der Waals surface area contributed by atoms with E-state index < -0.39 is 0 Å². The standard InChI is InChI=1S/C17H23N5O/c1-11-8-15(16-9-18-12(2)21(16)4)20-17(19-11)14-6-5-7-22(10-14)13(3)23/h8-9,14H,5-7,10H2,1-4H3/t14-/m1/s1. The molecule has 1 atom stereocenters. The quantitative estimate of drug-likeness (QED) is 0.853. The largest absolute Gasteiger partial charge is 0.342 e. The molecule has 6 nitrogen and oxygen atoms in total. The maximum absolute atomic E-state index is 11.7. The van der Waals surface area contributed by atoms with Crippen LogP contribution in [0.1, 0.15) is 43.0 Å². The monoisotopic (exact) mass is 313 g/mol. The van der Waals surface area contributed by atoms with Gasteiger partial charge >= 0.3 is 0 Å². The zero-order chi connectivity index (χ0) is 16.6. The number of imidazole rings is 1. The van der Waals surface area contributed by atoms with Crippen LogP contribution >= 0.6 is 0 Å².